The predicted molar refractivity (Wildman–Crippen MR) is 135 cm³/mol. The summed E-state index contributed by atoms with van der Waals surface area (Å²) < 4.78 is 4.08. The summed E-state index contributed by atoms with van der Waals surface area (Å²) in [5.74, 6) is 0.780. The number of nitrogens with zero attached hydrogens (tertiary/aromatic N) is 5. The minimum absolute atomic E-state index is 0.193. The average molecular weight is 459 g/mol. The van der Waals surface area contributed by atoms with E-state index in [9.17, 15) is 0 Å². The number of nitrogens with two attached hydrogens (primary N) is 1. The molecule has 0 spiro atoms. The van der Waals surface area contributed by atoms with E-state index in [1.807, 2.05) is 47.4 Å². The minimum Gasteiger partial charge on any atom is -0.321 e. The van der Waals surface area contributed by atoms with Gasteiger partial charge in [-0.25, -0.2) is 0 Å². The summed E-state index contributed by atoms with van der Waals surface area (Å²) in [5.41, 5.74) is 13.4. The molecule has 170 valence electrons. The summed E-state index contributed by atoms with van der Waals surface area (Å²) in [6.07, 6.45) is 8.95. The Labute approximate surface area is 201 Å². The van der Waals surface area contributed by atoms with Gasteiger partial charge in [-0.15, -0.1) is 0 Å². The molecule has 7 rings (SSSR count). The van der Waals surface area contributed by atoms with E-state index in [2.05, 4.69) is 57.1 Å². The van der Waals surface area contributed by atoms with Gasteiger partial charge in [0.1, 0.15) is 11.4 Å². The molecule has 1 aliphatic carbocycles. The van der Waals surface area contributed by atoms with E-state index < -0.39 is 0 Å². The van der Waals surface area contributed by atoms with Crippen LogP contribution in [0, 0.1) is 0 Å². The fourth-order valence-electron chi connectivity index (χ4n) is 5.02. The van der Waals surface area contributed by atoms with Crippen LogP contribution in [0.1, 0.15) is 24.8 Å². The first kappa shape index (κ1) is 20.1. The Morgan fingerprint density at radius 1 is 0.943 bits per heavy atom. The maximum absolute atomic E-state index is 6.57. The van der Waals surface area contributed by atoms with Gasteiger partial charge in [-0.1, -0.05) is 47.1 Å². The maximum atomic E-state index is 6.57. The van der Waals surface area contributed by atoms with Crippen molar-refractivity contribution >= 4 is 16.6 Å². The van der Waals surface area contributed by atoms with Gasteiger partial charge in [0.25, 0.3) is 5.65 Å². The molecular formula is C28H24N7+. The van der Waals surface area contributed by atoms with Gasteiger partial charge in [-0.2, -0.15) is 9.50 Å². The van der Waals surface area contributed by atoms with Gasteiger partial charge < -0.3 is 5.73 Å². The van der Waals surface area contributed by atoms with Crippen LogP contribution in [-0.2, 0) is 5.54 Å². The molecule has 7 heteroatoms. The van der Waals surface area contributed by atoms with Gasteiger partial charge in [0.05, 0.1) is 22.2 Å². The summed E-state index contributed by atoms with van der Waals surface area (Å²) >= 11 is 0. The molecule has 0 atom stereocenters. The highest BCUT2D eigenvalue weighted by Gasteiger charge is 2.34. The predicted octanol–water partition coefficient (Wildman–Crippen LogP) is 4.55. The molecule has 0 unspecified atom stereocenters. The van der Waals surface area contributed by atoms with E-state index in [1.54, 1.807) is 6.20 Å². The van der Waals surface area contributed by atoms with Crippen LogP contribution in [0.25, 0.3) is 44.9 Å². The Bertz CT molecular complexity index is 1660. The Morgan fingerprint density at radius 2 is 1.77 bits per heavy atom. The van der Waals surface area contributed by atoms with Crippen LogP contribution in [0.2, 0.25) is 0 Å². The monoisotopic (exact) mass is 458 g/mol. The van der Waals surface area contributed by atoms with Crippen molar-refractivity contribution in [1.82, 2.24) is 25.0 Å². The molecule has 7 nitrogen and oxygen atoms in total. The highest BCUT2D eigenvalue weighted by molar-refractivity contribution is 5.93. The van der Waals surface area contributed by atoms with Crippen LogP contribution in [0.4, 0.5) is 0 Å². The van der Waals surface area contributed by atoms with Crippen LogP contribution >= 0.6 is 0 Å². The number of nitrogens with one attached hydrogen (secondary N) is 1. The summed E-state index contributed by atoms with van der Waals surface area (Å²) in [5, 5.41) is 13.3. The van der Waals surface area contributed by atoms with Crippen molar-refractivity contribution in [3.8, 4) is 28.3 Å². The molecule has 0 aliphatic heterocycles. The maximum Gasteiger partial charge on any atom is 0.332 e. The lowest BCUT2D eigenvalue weighted by Crippen LogP contribution is -2.43. The number of fused-ring (bicyclic) bond motifs is 3. The van der Waals surface area contributed by atoms with Gasteiger partial charge in [0, 0.05) is 23.5 Å². The van der Waals surface area contributed by atoms with E-state index in [0.29, 0.717) is 0 Å². The second kappa shape index (κ2) is 7.58. The summed E-state index contributed by atoms with van der Waals surface area (Å²) in [6.45, 7) is 0. The lowest BCUT2D eigenvalue weighted by molar-refractivity contribution is -0.498. The molecule has 6 aromatic rings. The van der Waals surface area contributed by atoms with Crippen molar-refractivity contribution in [3.63, 3.8) is 0 Å². The van der Waals surface area contributed by atoms with Crippen LogP contribution in [-0.4, -0.2) is 25.0 Å². The summed E-state index contributed by atoms with van der Waals surface area (Å²) in [4.78, 5) is 4.79. The molecule has 4 heterocycles. The molecule has 2 aromatic carbocycles. The van der Waals surface area contributed by atoms with Crippen molar-refractivity contribution < 1.29 is 4.40 Å². The second-order valence-corrected chi connectivity index (χ2v) is 9.29. The number of hydrogen-bond donors (Lipinski definition) is 2. The van der Waals surface area contributed by atoms with Gasteiger partial charge >= 0.3 is 5.82 Å². The highest BCUT2D eigenvalue weighted by atomic mass is 15.4. The molecule has 0 saturated heterocycles. The smallest absolute Gasteiger partial charge is 0.321 e. The van der Waals surface area contributed by atoms with Gasteiger partial charge in [0.15, 0.2) is 0 Å². The fraction of sp³-hybridized carbons (Fsp3) is 0.143. The molecule has 1 fully saturated rings. The Kier molecular flexibility index (Phi) is 4.34. The van der Waals surface area contributed by atoms with Crippen LogP contribution < -0.4 is 10.1 Å². The van der Waals surface area contributed by atoms with Crippen molar-refractivity contribution in [1.29, 1.82) is 0 Å². The molecule has 1 saturated carbocycles. The number of benzene rings is 2. The zero-order chi connectivity index (χ0) is 23.4. The minimum atomic E-state index is -0.193. The van der Waals surface area contributed by atoms with E-state index in [1.165, 1.54) is 12.0 Å². The van der Waals surface area contributed by atoms with Crippen molar-refractivity contribution in [2.75, 3.05) is 0 Å². The molecule has 3 N–H and O–H groups in total. The van der Waals surface area contributed by atoms with Crippen LogP contribution in [0.3, 0.4) is 0 Å². The number of aromatic amines is 1. The molecule has 35 heavy (non-hydrogen) atoms. The lowest BCUT2D eigenvalue weighted by Gasteiger charge is -2.38. The quantitative estimate of drug-likeness (QED) is 0.379. The standard InChI is InChI=1S/C28H24N7/c29-28(13-4-14-28)21-7-9-22(10-8-21)35-27-23-17-20(19-5-2-1-3-6-19)18-30-24(23)12-16-34(27)26(33-35)25-11-15-31-32-25/h1-3,5-12,15-18H,4,13-14,29H2,(H,31,32)/q+1. The number of rotatable bonds is 4. The van der Waals surface area contributed by atoms with E-state index >= 15 is 0 Å². The first-order valence-corrected chi connectivity index (χ1v) is 11.9. The third-order valence-electron chi connectivity index (χ3n) is 7.17. The Hall–Kier alpha value is -4.36. The van der Waals surface area contributed by atoms with E-state index in [0.717, 1.165) is 57.7 Å². The van der Waals surface area contributed by atoms with E-state index in [-0.39, 0.29) is 5.54 Å². The highest BCUT2D eigenvalue weighted by Crippen LogP contribution is 2.39. The van der Waals surface area contributed by atoms with Gasteiger partial charge in [0.2, 0.25) is 0 Å². The molecular weight excluding hydrogens is 434 g/mol. The lowest BCUT2D eigenvalue weighted by atomic mass is 9.73. The molecule has 4 aromatic heterocycles. The van der Waals surface area contributed by atoms with Crippen LogP contribution in [0.15, 0.2) is 91.4 Å². The SMILES string of the molecule is NC1(c2ccc(-n3nc(-c4ccn[nH]4)[n+]4ccc5ncc(-c6ccccc6)cc5c34)cc2)CCC1. The first-order valence-electron chi connectivity index (χ1n) is 11.9. The van der Waals surface area contributed by atoms with Crippen molar-refractivity contribution in [2.24, 2.45) is 5.73 Å². The normalized spacial score (nSPS) is 14.9. The fourth-order valence-corrected chi connectivity index (χ4v) is 5.02. The molecule has 1 aliphatic rings. The number of pyridine rings is 2. The number of H-pyrrole nitrogens is 1. The molecule has 0 bridgehead atoms. The topological polar surface area (TPSA) is 89.5 Å². The Balaban J connectivity index is 1.48. The Morgan fingerprint density at radius 3 is 2.49 bits per heavy atom. The number of aromatic nitrogens is 6. The third-order valence-corrected chi connectivity index (χ3v) is 7.17. The zero-order valence-corrected chi connectivity index (χ0v) is 19.1. The zero-order valence-electron chi connectivity index (χ0n) is 19.1. The summed E-state index contributed by atoms with van der Waals surface area (Å²) in [7, 11) is 0. The van der Waals surface area contributed by atoms with E-state index in [4.69, 9.17) is 15.8 Å². The van der Waals surface area contributed by atoms with Crippen molar-refractivity contribution in [2.45, 2.75) is 24.8 Å². The first-order chi connectivity index (χ1) is 17.2. The van der Waals surface area contributed by atoms with Crippen molar-refractivity contribution in [3.05, 3.63) is 97.0 Å². The van der Waals surface area contributed by atoms with Gasteiger partial charge in [-0.3, -0.25) is 10.1 Å². The van der Waals surface area contributed by atoms with Crippen LogP contribution in [0.5, 0.6) is 0 Å². The largest absolute Gasteiger partial charge is 0.332 e. The van der Waals surface area contributed by atoms with Gasteiger partial charge in [-0.05, 0) is 60.7 Å². The summed E-state index contributed by atoms with van der Waals surface area (Å²) in [6, 6.07) is 25.0. The molecule has 0 radical (unpaired) electrons. The number of hydrogen-bond acceptors (Lipinski definition) is 4. The second-order valence-electron chi connectivity index (χ2n) is 9.29. The third kappa shape index (κ3) is 3.16. The molecule has 0 amide bonds. The average Bonchev–Trinajstić information content (AvgIpc) is 3.56.